The first kappa shape index (κ1) is 22.5. The molecule has 3 rings (SSSR count). The van der Waals surface area contributed by atoms with Gasteiger partial charge >= 0.3 is 0 Å². The minimum absolute atomic E-state index is 0.0954. The number of rotatable bonds is 6. The summed E-state index contributed by atoms with van der Waals surface area (Å²) in [6, 6.07) is 9.13. The van der Waals surface area contributed by atoms with Crippen LogP contribution in [0.5, 0.6) is 0 Å². The Morgan fingerprint density at radius 3 is 2.17 bits per heavy atom. The molecule has 2 aliphatic rings. The van der Waals surface area contributed by atoms with Crippen molar-refractivity contribution in [2.45, 2.75) is 74.9 Å². The fourth-order valence-electron chi connectivity index (χ4n) is 3.37. The molecule has 2 heterocycles. The highest BCUT2D eigenvalue weighted by atomic mass is 16.8. The summed E-state index contributed by atoms with van der Waals surface area (Å²) in [6.07, 6.45) is -13.3. The van der Waals surface area contributed by atoms with Crippen LogP contribution in [-0.2, 0) is 25.6 Å². The van der Waals surface area contributed by atoms with Crippen LogP contribution in [0.15, 0.2) is 30.3 Å². The molecule has 1 aromatic carbocycles. The van der Waals surface area contributed by atoms with Crippen LogP contribution in [0.25, 0.3) is 0 Å². The molecule has 0 spiro atoms. The summed E-state index contributed by atoms with van der Waals surface area (Å²) >= 11 is 0. The molecule has 6 N–H and O–H groups in total. The van der Waals surface area contributed by atoms with Gasteiger partial charge in [-0.3, -0.25) is 0 Å². The van der Waals surface area contributed by atoms with Gasteiger partial charge in [-0.2, -0.15) is 0 Å². The fourth-order valence-corrected chi connectivity index (χ4v) is 3.37. The average Bonchev–Trinajstić information content (AvgIpc) is 2.73. The Morgan fingerprint density at radius 2 is 1.52 bits per heavy atom. The summed E-state index contributed by atoms with van der Waals surface area (Å²) in [7, 11) is 0. The normalized spacial score (nSPS) is 43.3. The first-order chi connectivity index (χ1) is 13.8. The fraction of sp³-hybridized carbons (Fsp3) is 0.684. The van der Waals surface area contributed by atoms with Crippen molar-refractivity contribution in [3.05, 3.63) is 35.9 Å². The topological polar surface area (TPSA) is 158 Å². The molecule has 29 heavy (non-hydrogen) atoms. The monoisotopic (exact) mass is 416 g/mol. The Hall–Kier alpha value is -1.18. The van der Waals surface area contributed by atoms with E-state index in [4.69, 9.17) is 18.9 Å². The Labute approximate surface area is 167 Å². The molecule has 1 aromatic rings. The summed E-state index contributed by atoms with van der Waals surface area (Å²) < 4.78 is 22.3. The molecule has 10 heteroatoms. The van der Waals surface area contributed by atoms with Crippen LogP contribution >= 0.6 is 0 Å². The van der Waals surface area contributed by atoms with Gasteiger partial charge in [0.1, 0.15) is 42.7 Å². The van der Waals surface area contributed by atoms with E-state index in [1.54, 1.807) is 0 Å². The van der Waals surface area contributed by atoms with Gasteiger partial charge in [-0.1, -0.05) is 30.3 Å². The van der Waals surface area contributed by atoms with Gasteiger partial charge in [0.05, 0.1) is 19.3 Å². The van der Waals surface area contributed by atoms with E-state index in [1.165, 1.54) is 6.92 Å². The summed E-state index contributed by atoms with van der Waals surface area (Å²) in [5, 5.41) is 60.1. The molecular weight excluding hydrogens is 388 g/mol. The zero-order chi connectivity index (χ0) is 21.1. The lowest BCUT2D eigenvalue weighted by Crippen LogP contribution is -2.64. The van der Waals surface area contributed by atoms with Crippen molar-refractivity contribution in [1.82, 2.24) is 0 Å². The van der Waals surface area contributed by atoms with Gasteiger partial charge in [0.15, 0.2) is 12.6 Å². The van der Waals surface area contributed by atoms with Crippen LogP contribution in [0.4, 0.5) is 0 Å². The average molecular weight is 416 g/mol. The third-order valence-electron chi connectivity index (χ3n) is 5.18. The summed E-state index contributed by atoms with van der Waals surface area (Å²) in [6.45, 7) is 1.03. The van der Waals surface area contributed by atoms with Gasteiger partial charge < -0.3 is 49.6 Å². The summed E-state index contributed by atoms with van der Waals surface area (Å²) in [4.78, 5) is 0. The van der Waals surface area contributed by atoms with Crippen molar-refractivity contribution in [2.75, 3.05) is 6.61 Å². The summed E-state index contributed by atoms with van der Waals surface area (Å²) in [5.74, 6) is 0. The van der Waals surface area contributed by atoms with Crippen molar-refractivity contribution in [3.63, 3.8) is 0 Å². The van der Waals surface area contributed by atoms with E-state index in [1.807, 2.05) is 30.3 Å². The Bertz CT molecular complexity index is 631. The van der Waals surface area contributed by atoms with Crippen LogP contribution in [0.1, 0.15) is 12.5 Å². The van der Waals surface area contributed by atoms with E-state index >= 15 is 0 Å². The highest BCUT2D eigenvalue weighted by Gasteiger charge is 2.50. The van der Waals surface area contributed by atoms with Gasteiger partial charge in [-0.15, -0.1) is 0 Å². The molecule has 164 valence electrons. The van der Waals surface area contributed by atoms with E-state index in [0.717, 1.165) is 5.56 Å². The number of ether oxygens (including phenoxy) is 4. The van der Waals surface area contributed by atoms with E-state index < -0.39 is 68.0 Å². The van der Waals surface area contributed by atoms with Crippen LogP contribution in [-0.4, -0.2) is 98.7 Å². The predicted molar refractivity (Wildman–Crippen MR) is 96.2 cm³/mol. The lowest BCUT2D eigenvalue weighted by atomic mass is 9.97. The van der Waals surface area contributed by atoms with E-state index in [2.05, 4.69) is 0 Å². The molecule has 0 radical (unpaired) electrons. The summed E-state index contributed by atoms with van der Waals surface area (Å²) in [5.41, 5.74) is 0.817. The van der Waals surface area contributed by atoms with Crippen molar-refractivity contribution < 1.29 is 49.6 Å². The molecule has 0 saturated carbocycles. The Kier molecular flexibility index (Phi) is 7.57. The van der Waals surface area contributed by atoms with Crippen LogP contribution in [0.2, 0.25) is 0 Å². The zero-order valence-electron chi connectivity index (χ0n) is 15.9. The second-order valence-electron chi connectivity index (χ2n) is 7.29. The van der Waals surface area contributed by atoms with Crippen molar-refractivity contribution >= 4 is 0 Å². The minimum Gasteiger partial charge on any atom is -0.394 e. The maximum atomic E-state index is 10.5. The lowest BCUT2D eigenvalue weighted by Gasteiger charge is -2.45. The van der Waals surface area contributed by atoms with Crippen molar-refractivity contribution in [1.29, 1.82) is 0 Å². The number of hydrogen-bond donors (Lipinski definition) is 6. The molecular formula is C19H28O10. The first-order valence-corrected chi connectivity index (χ1v) is 9.46. The van der Waals surface area contributed by atoms with Crippen LogP contribution < -0.4 is 0 Å². The van der Waals surface area contributed by atoms with Crippen LogP contribution in [0.3, 0.4) is 0 Å². The molecule has 0 bridgehead atoms. The van der Waals surface area contributed by atoms with Gasteiger partial charge in [-0.25, -0.2) is 0 Å². The van der Waals surface area contributed by atoms with Gasteiger partial charge in [0, 0.05) is 0 Å². The van der Waals surface area contributed by atoms with Gasteiger partial charge in [-0.05, 0) is 12.5 Å². The third kappa shape index (κ3) is 4.94. The van der Waals surface area contributed by atoms with Crippen molar-refractivity contribution in [2.24, 2.45) is 0 Å². The molecule has 0 unspecified atom stereocenters. The van der Waals surface area contributed by atoms with Gasteiger partial charge in [0.25, 0.3) is 0 Å². The maximum absolute atomic E-state index is 10.5. The largest absolute Gasteiger partial charge is 0.394 e. The molecule has 2 fully saturated rings. The smallest absolute Gasteiger partial charge is 0.187 e. The third-order valence-corrected chi connectivity index (χ3v) is 5.18. The molecule has 10 atom stereocenters. The van der Waals surface area contributed by atoms with E-state index in [-0.39, 0.29) is 6.61 Å². The first-order valence-electron chi connectivity index (χ1n) is 9.46. The van der Waals surface area contributed by atoms with E-state index in [9.17, 15) is 30.6 Å². The highest BCUT2D eigenvalue weighted by molar-refractivity contribution is 5.13. The Morgan fingerprint density at radius 1 is 0.828 bits per heavy atom. The van der Waals surface area contributed by atoms with Gasteiger partial charge in [0.2, 0.25) is 0 Å². The van der Waals surface area contributed by atoms with E-state index in [0.29, 0.717) is 0 Å². The minimum atomic E-state index is -1.60. The van der Waals surface area contributed by atoms with Crippen LogP contribution in [0, 0.1) is 0 Å². The van der Waals surface area contributed by atoms with Crippen molar-refractivity contribution in [3.8, 4) is 0 Å². The quantitative estimate of drug-likeness (QED) is 0.302. The standard InChI is InChI=1S/C19H28O10/c1-9-12(21)14(23)16(25)18(27-9)29-17-15(24)13(22)11(7-20)28-19(17)26-8-10-5-3-2-4-6-10/h2-6,9,11-25H,7-8H2,1H3/t9-,11+,12-,13+,14+,15-,16+,17+,18-,19+/m0/s1. The predicted octanol–water partition coefficient (Wildman–Crippen LogP) is -2.15. The molecule has 2 aliphatic heterocycles. The molecule has 0 aliphatic carbocycles. The number of aliphatic hydroxyl groups is 6. The molecule has 2 saturated heterocycles. The highest BCUT2D eigenvalue weighted by Crippen LogP contribution is 2.30. The molecule has 0 aromatic heterocycles. The number of benzene rings is 1. The molecule has 0 amide bonds. The number of aliphatic hydroxyl groups excluding tert-OH is 6. The zero-order valence-corrected chi connectivity index (χ0v) is 15.9. The lowest BCUT2D eigenvalue weighted by molar-refractivity contribution is -0.366. The Balaban J connectivity index is 1.74. The second-order valence-corrected chi connectivity index (χ2v) is 7.29. The maximum Gasteiger partial charge on any atom is 0.187 e. The SMILES string of the molecule is C[C@@H]1O[C@@H](O[C@H]2[C@H](OCc3ccccc3)O[C@H](CO)[C@@H](O)[C@@H]2O)[C@H](O)[C@H](O)[C@H]1O. The molecule has 10 nitrogen and oxygen atoms in total. The number of hydrogen-bond acceptors (Lipinski definition) is 10. The second kappa shape index (κ2) is 9.75.